The van der Waals surface area contributed by atoms with Crippen LogP contribution in [0, 0.1) is 0 Å². The van der Waals surface area contributed by atoms with Crippen LogP contribution >= 0.6 is 23.2 Å². The third kappa shape index (κ3) is 6.72. The predicted octanol–water partition coefficient (Wildman–Crippen LogP) is 4.40. The molecular weight excluding hydrogens is 494 g/mol. The Morgan fingerprint density at radius 1 is 1.12 bits per heavy atom. The molecule has 0 saturated carbocycles. The first-order valence-electron chi connectivity index (χ1n) is 9.25. The molecule has 174 valence electrons. The van der Waals surface area contributed by atoms with E-state index in [2.05, 4.69) is 9.64 Å². The van der Waals surface area contributed by atoms with Gasteiger partial charge in [0.1, 0.15) is 0 Å². The predicted molar refractivity (Wildman–Crippen MR) is 115 cm³/mol. The van der Waals surface area contributed by atoms with E-state index in [1.54, 1.807) is 12.1 Å². The number of nitrogens with zero attached hydrogens (tertiary/aromatic N) is 2. The fourth-order valence-electron chi connectivity index (χ4n) is 3.23. The summed E-state index contributed by atoms with van der Waals surface area (Å²) in [5.74, 6) is -1.25. The maximum Gasteiger partial charge on any atom is 0.573 e. The summed E-state index contributed by atoms with van der Waals surface area (Å²) in [6.07, 6.45) is -5.04. The lowest BCUT2D eigenvalue weighted by molar-refractivity contribution is -0.274. The minimum Gasteiger partial charge on any atom is -0.404 e. The van der Waals surface area contributed by atoms with E-state index in [0.29, 0.717) is 42.8 Å². The topological polar surface area (TPSA) is 82.1 Å². The first kappa shape index (κ1) is 24.6. The van der Waals surface area contributed by atoms with Crippen LogP contribution in [0.15, 0.2) is 36.4 Å². The molecule has 0 radical (unpaired) electrons. The molecule has 2 aromatic carbocycles. The van der Waals surface area contributed by atoms with E-state index in [-0.39, 0.29) is 11.3 Å². The van der Waals surface area contributed by atoms with Crippen LogP contribution in [0.4, 0.5) is 18.9 Å². The van der Waals surface area contributed by atoms with Crippen molar-refractivity contribution in [2.75, 3.05) is 30.9 Å². The van der Waals surface area contributed by atoms with E-state index < -0.39 is 29.3 Å². The van der Waals surface area contributed by atoms with Crippen LogP contribution in [-0.4, -0.2) is 57.0 Å². The van der Waals surface area contributed by atoms with Gasteiger partial charge in [-0.25, -0.2) is 4.21 Å². The molecule has 1 aliphatic rings. The first-order chi connectivity index (χ1) is 15.0. The summed E-state index contributed by atoms with van der Waals surface area (Å²) < 4.78 is 63.8. The van der Waals surface area contributed by atoms with Gasteiger partial charge in [0.05, 0.1) is 5.69 Å². The molecule has 0 aromatic heterocycles. The van der Waals surface area contributed by atoms with Gasteiger partial charge in [-0.3, -0.25) is 19.0 Å². The van der Waals surface area contributed by atoms with Crippen molar-refractivity contribution in [2.45, 2.75) is 12.9 Å². The number of hydrogen-bond donors (Lipinski definition) is 2. The average molecular weight is 512 g/mol. The normalized spacial score (nSPS) is 16.0. The highest BCUT2D eigenvalue weighted by molar-refractivity contribution is 7.80. The van der Waals surface area contributed by atoms with E-state index >= 15 is 0 Å². The van der Waals surface area contributed by atoms with Gasteiger partial charge >= 0.3 is 6.36 Å². The largest absolute Gasteiger partial charge is 0.573 e. The van der Waals surface area contributed by atoms with Gasteiger partial charge in [0, 0.05) is 48.3 Å². The van der Waals surface area contributed by atoms with Crippen LogP contribution < -0.4 is 9.46 Å². The van der Waals surface area contributed by atoms with Crippen LogP contribution in [0.5, 0.6) is 5.75 Å². The van der Waals surface area contributed by atoms with Gasteiger partial charge in [-0.2, -0.15) is 0 Å². The number of carbonyl (C=O) groups is 1. The molecule has 0 spiro atoms. The molecule has 1 heterocycles. The number of anilines is 1. The van der Waals surface area contributed by atoms with Crippen molar-refractivity contribution >= 4 is 46.1 Å². The number of benzene rings is 2. The fourth-order valence-corrected chi connectivity index (χ4v) is 4.05. The SMILES string of the molecule is O=C(c1ccc(NS(=O)O)c(OC(F)(F)F)c1)N1CCN(Cc2ccc(Cl)cc2Cl)CC1. The Morgan fingerprint density at radius 2 is 1.81 bits per heavy atom. The lowest BCUT2D eigenvalue weighted by Gasteiger charge is -2.35. The maximum atomic E-state index is 12.8. The summed E-state index contributed by atoms with van der Waals surface area (Å²) in [4.78, 5) is 16.4. The van der Waals surface area contributed by atoms with Crippen LogP contribution in [-0.2, 0) is 17.8 Å². The summed E-state index contributed by atoms with van der Waals surface area (Å²) in [5.41, 5.74) is 0.492. The summed E-state index contributed by atoms with van der Waals surface area (Å²) in [7, 11) is 0. The number of hydrogen-bond acceptors (Lipinski definition) is 4. The summed E-state index contributed by atoms with van der Waals surface area (Å²) in [5, 5.41) is 1.08. The molecule has 1 atom stereocenters. The van der Waals surface area contributed by atoms with E-state index in [0.717, 1.165) is 17.7 Å². The molecule has 13 heteroatoms. The Hall–Kier alpha value is -2.05. The van der Waals surface area contributed by atoms with Gasteiger partial charge in [-0.15, -0.1) is 13.2 Å². The van der Waals surface area contributed by atoms with E-state index in [1.807, 2.05) is 10.8 Å². The number of ether oxygens (including phenoxy) is 1. The van der Waals surface area contributed by atoms with E-state index in [1.165, 1.54) is 11.0 Å². The molecule has 0 bridgehead atoms. The molecule has 1 amide bonds. The van der Waals surface area contributed by atoms with Crippen LogP contribution in [0.25, 0.3) is 0 Å². The molecule has 3 rings (SSSR count). The molecule has 7 nitrogen and oxygen atoms in total. The van der Waals surface area contributed by atoms with Crippen molar-refractivity contribution in [3.63, 3.8) is 0 Å². The van der Waals surface area contributed by atoms with Crippen molar-refractivity contribution in [2.24, 2.45) is 0 Å². The zero-order valence-corrected chi connectivity index (χ0v) is 18.7. The minimum atomic E-state index is -5.04. The third-order valence-electron chi connectivity index (χ3n) is 4.72. The fraction of sp³-hybridized carbons (Fsp3) is 0.316. The van der Waals surface area contributed by atoms with Gasteiger partial charge in [-0.1, -0.05) is 29.3 Å². The highest BCUT2D eigenvalue weighted by Gasteiger charge is 2.33. The Labute approximate surface area is 194 Å². The monoisotopic (exact) mass is 511 g/mol. The Balaban J connectivity index is 1.67. The molecule has 32 heavy (non-hydrogen) atoms. The summed E-state index contributed by atoms with van der Waals surface area (Å²) in [6.45, 7) is 2.38. The number of nitrogens with one attached hydrogen (secondary N) is 1. The second kappa shape index (κ2) is 10.3. The van der Waals surface area contributed by atoms with Crippen LogP contribution in [0.1, 0.15) is 15.9 Å². The smallest absolute Gasteiger partial charge is 0.404 e. The number of rotatable bonds is 6. The van der Waals surface area contributed by atoms with Crippen LogP contribution in [0.2, 0.25) is 10.0 Å². The highest BCUT2D eigenvalue weighted by atomic mass is 35.5. The average Bonchev–Trinajstić information content (AvgIpc) is 2.70. The zero-order chi connectivity index (χ0) is 23.5. The van der Waals surface area contributed by atoms with Crippen molar-refractivity contribution in [3.05, 3.63) is 57.6 Å². The van der Waals surface area contributed by atoms with Crippen molar-refractivity contribution < 1.29 is 31.5 Å². The third-order valence-corrected chi connectivity index (χ3v) is 5.70. The Bertz CT molecular complexity index is 1020. The Kier molecular flexibility index (Phi) is 7.88. The Morgan fingerprint density at radius 3 is 2.41 bits per heavy atom. The number of carbonyl (C=O) groups excluding carboxylic acids is 1. The summed E-state index contributed by atoms with van der Waals surface area (Å²) >= 11 is 9.50. The minimum absolute atomic E-state index is 0.0345. The van der Waals surface area contributed by atoms with Gasteiger partial charge in [-0.05, 0) is 35.9 Å². The molecular formula is C19H18Cl2F3N3O4S. The first-order valence-corrected chi connectivity index (χ1v) is 11.1. The molecule has 1 unspecified atom stereocenters. The maximum absolute atomic E-state index is 12.8. The van der Waals surface area contributed by atoms with Crippen molar-refractivity contribution in [1.29, 1.82) is 0 Å². The summed E-state index contributed by atoms with van der Waals surface area (Å²) in [6, 6.07) is 8.48. The second-order valence-corrected chi connectivity index (χ2v) is 8.46. The zero-order valence-electron chi connectivity index (χ0n) is 16.4. The van der Waals surface area contributed by atoms with E-state index in [9.17, 15) is 22.2 Å². The molecule has 1 aliphatic heterocycles. The van der Waals surface area contributed by atoms with Crippen molar-refractivity contribution in [1.82, 2.24) is 9.80 Å². The number of halogens is 5. The number of piperazine rings is 1. The molecule has 1 fully saturated rings. The highest BCUT2D eigenvalue weighted by Crippen LogP contribution is 2.32. The number of amides is 1. The van der Waals surface area contributed by atoms with Gasteiger partial charge in [0.25, 0.3) is 17.2 Å². The van der Waals surface area contributed by atoms with Gasteiger partial charge in [0.15, 0.2) is 5.75 Å². The molecule has 0 aliphatic carbocycles. The molecule has 2 aromatic rings. The van der Waals surface area contributed by atoms with Gasteiger partial charge in [0.2, 0.25) is 0 Å². The lowest BCUT2D eigenvalue weighted by Crippen LogP contribution is -2.48. The molecule has 1 saturated heterocycles. The lowest BCUT2D eigenvalue weighted by atomic mass is 10.1. The van der Waals surface area contributed by atoms with E-state index in [4.69, 9.17) is 27.8 Å². The standard InChI is InChI=1S/C19H18Cl2F3N3O4S/c20-14-3-1-13(15(21)10-14)11-26-5-7-27(8-6-26)18(28)12-2-4-16(25-32(29)30)17(9-12)31-19(22,23)24/h1-4,9-10,25H,5-8,11H2,(H,29,30). The quantitative estimate of drug-likeness (QED) is 0.561. The van der Waals surface area contributed by atoms with Crippen LogP contribution in [0.3, 0.4) is 0 Å². The van der Waals surface area contributed by atoms with Gasteiger partial charge < -0.3 is 9.64 Å². The second-order valence-electron chi connectivity index (χ2n) is 6.91. The molecule has 2 N–H and O–H groups in total. The van der Waals surface area contributed by atoms with Crippen molar-refractivity contribution in [3.8, 4) is 5.75 Å². The number of alkyl halides is 3.